The molecule has 1 rings (SSSR count). The molecule has 6 heteroatoms. The minimum Gasteiger partial charge on any atom is -0.473 e. The molecule has 1 aromatic rings. The number of aldehydes is 1. The average Bonchev–Trinajstić information content (AvgIpc) is 2.28. The summed E-state index contributed by atoms with van der Waals surface area (Å²) in [5.74, 6) is -3.65. The van der Waals surface area contributed by atoms with Crippen LogP contribution >= 0.6 is 0 Å². The first kappa shape index (κ1) is 13.5. The molecule has 0 aliphatic rings. The van der Waals surface area contributed by atoms with Gasteiger partial charge in [-0.1, -0.05) is 6.08 Å². The minimum atomic E-state index is -1.82. The molecule has 0 spiro atoms. The van der Waals surface area contributed by atoms with Gasteiger partial charge in [0.05, 0.1) is 0 Å². The van der Waals surface area contributed by atoms with Crippen LogP contribution in [-0.2, 0) is 14.4 Å². The highest BCUT2D eigenvalue weighted by molar-refractivity contribution is 6.27. The van der Waals surface area contributed by atoms with Crippen LogP contribution in [0.25, 0.3) is 6.08 Å². The topological polar surface area (TPSA) is 105 Å². The molecule has 0 unspecified atom stereocenters. The fourth-order valence-corrected chi connectivity index (χ4v) is 0.625. The molecule has 0 aromatic carbocycles. The lowest BCUT2D eigenvalue weighted by molar-refractivity contribution is -0.159. The van der Waals surface area contributed by atoms with Gasteiger partial charge < -0.3 is 10.2 Å². The summed E-state index contributed by atoms with van der Waals surface area (Å²) in [6, 6.07) is 3.67. The number of rotatable bonds is 2. The number of hydrogen-bond acceptors (Lipinski definition) is 4. The van der Waals surface area contributed by atoms with Gasteiger partial charge in [0.15, 0.2) is 0 Å². The first-order chi connectivity index (χ1) is 7.57. The molecule has 1 heterocycles. The van der Waals surface area contributed by atoms with Crippen molar-refractivity contribution in [3.05, 3.63) is 36.2 Å². The van der Waals surface area contributed by atoms with E-state index in [1.165, 1.54) is 6.08 Å². The maximum Gasteiger partial charge on any atom is 0.414 e. The summed E-state index contributed by atoms with van der Waals surface area (Å²) < 4.78 is 0. The summed E-state index contributed by atoms with van der Waals surface area (Å²) in [4.78, 5) is 31.9. The number of carboxylic acid groups (broad SMARTS) is 2. The second-order valence-corrected chi connectivity index (χ2v) is 2.39. The predicted molar refractivity (Wildman–Crippen MR) is 54.6 cm³/mol. The van der Waals surface area contributed by atoms with Crippen LogP contribution in [0.15, 0.2) is 30.6 Å². The van der Waals surface area contributed by atoms with E-state index >= 15 is 0 Å². The lowest BCUT2D eigenvalue weighted by Gasteiger charge is -1.86. The van der Waals surface area contributed by atoms with E-state index in [1.807, 2.05) is 12.1 Å². The third kappa shape index (κ3) is 6.96. The van der Waals surface area contributed by atoms with Crippen LogP contribution in [0.4, 0.5) is 0 Å². The molecule has 0 aliphatic heterocycles. The number of nitrogens with zero attached hydrogens (tertiary/aromatic N) is 1. The van der Waals surface area contributed by atoms with Crippen molar-refractivity contribution in [3.63, 3.8) is 0 Å². The molecule has 6 nitrogen and oxygen atoms in total. The molecule has 0 saturated heterocycles. The third-order valence-corrected chi connectivity index (χ3v) is 1.26. The van der Waals surface area contributed by atoms with Crippen LogP contribution in [0.2, 0.25) is 0 Å². The summed E-state index contributed by atoms with van der Waals surface area (Å²) in [5, 5.41) is 14.8. The Bertz CT molecular complexity index is 373. The van der Waals surface area contributed by atoms with Crippen molar-refractivity contribution in [2.24, 2.45) is 0 Å². The van der Waals surface area contributed by atoms with Crippen LogP contribution < -0.4 is 0 Å². The Balaban J connectivity index is 0.000000325. The molecule has 2 N–H and O–H groups in total. The highest BCUT2D eigenvalue weighted by Crippen LogP contribution is 1.96. The van der Waals surface area contributed by atoms with E-state index in [0.29, 0.717) is 0 Å². The summed E-state index contributed by atoms with van der Waals surface area (Å²) >= 11 is 0. The van der Waals surface area contributed by atoms with Crippen molar-refractivity contribution >= 4 is 24.3 Å². The highest BCUT2D eigenvalue weighted by atomic mass is 16.4. The van der Waals surface area contributed by atoms with Gasteiger partial charge in [-0.05, 0) is 23.8 Å². The normalized spacial score (nSPS) is 9.00. The van der Waals surface area contributed by atoms with Crippen molar-refractivity contribution in [1.82, 2.24) is 4.98 Å². The van der Waals surface area contributed by atoms with Gasteiger partial charge in [0.25, 0.3) is 0 Å². The van der Waals surface area contributed by atoms with Gasteiger partial charge in [-0.25, -0.2) is 9.59 Å². The smallest absolute Gasteiger partial charge is 0.414 e. The van der Waals surface area contributed by atoms with Gasteiger partial charge in [-0.3, -0.25) is 9.78 Å². The van der Waals surface area contributed by atoms with Crippen molar-refractivity contribution < 1.29 is 24.6 Å². The first-order valence-electron chi connectivity index (χ1n) is 4.06. The fraction of sp³-hybridized carbons (Fsp3) is 0. The maximum atomic E-state index is 9.88. The van der Waals surface area contributed by atoms with Crippen molar-refractivity contribution in [1.29, 1.82) is 0 Å². The van der Waals surface area contributed by atoms with E-state index in [4.69, 9.17) is 19.8 Å². The lowest BCUT2D eigenvalue weighted by Crippen LogP contribution is -2.09. The van der Waals surface area contributed by atoms with E-state index in [9.17, 15) is 4.79 Å². The fourth-order valence-electron chi connectivity index (χ4n) is 0.625. The Morgan fingerprint density at radius 3 is 2.00 bits per heavy atom. The van der Waals surface area contributed by atoms with Gasteiger partial charge in [0.1, 0.15) is 6.29 Å². The van der Waals surface area contributed by atoms with Gasteiger partial charge in [0, 0.05) is 12.4 Å². The predicted octanol–water partition coefficient (Wildman–Crippen LogP) is 0.449. The Labute approximate surface area is 90.9 Å². The van der Waals surface area contributed by atoms with Crippen LogP contribution in [0.1, 0.15) is 5.56 Å². The molecular weight excluding hydrogens is 214 g/mol. The average molecular weight is 223 g/mol. The zero-order valence-electron chi connectivity index (χ0n) is 8.11. The first-order valence-corrected chi connectivity index (χ1v) is 4.06. The number of aliphatic carboxylic acids is 2. The molecule has 1 aromatic heterocycles. The maximum absolute atomic E-state index is 9.88. The van der Waals surface area contributed by atoms with Crippen LogP contribution in [0.5, 0.6) is 0 Å². The standard InChI is InChI=1S/C8H7NO.C2H2O4/c10-7-1-2-8-3-5-9-6-4-8;3-1(4)2(5)6/h1-7H;(H,3,4)(H,5,6)/b2-1+;. The Hall–Kier alpha value is -2.50. The highest BCUT2D eigenvalue weighted by Gasteiger charge is 2.04. The summed E-state index contributed by atoms with van der Waals surface area (Å²) in [7, 11) is 0. The molecule has 0 radical (unpaired) electrons. The van der Waals surface area contributed by atoms with Crippen molar-refractivity contribution in [3.8, 4) is 0 Å². The van der Waals surface area contributed by atoms with Gasteiger partial charge in [-0.15, -0.1) is 0 Å². The zero-order valence-corrected chi connectivity index (χ0v) is 8.11. The molecule has 0 amide bonds. The van der Waals surface area contributed by atoms with Crippen molar-refractivity contribution in [2.75, 3.05) is 0 Å². The van der Waals surface area contributed by atoms with Gasteiger partial charge in [0.2, 0.25) is 0 Å². The molecular formula is C10H9NO5. The van der Waals surface area contributed by atoms with Crippen LogP contribution in [-0.4, -0.2) is 33.4 Å². The van der Waals surface area contributed by atoms with Gasteiger partial charge in [-0.2, -0.15) is 0 Å². The summed E-state index contributed by atoms with van der Waals surface area (Å²) in [5.41, 5.74) is 0.988. The molecule has 16 heavy (non-hydrogen) atoms. The third-order valence-electron chi connectivity index (χ3n) is 1.26. The van der Waals surface area contributed by atoms with E-state index in [2.05, 4.69) is 4.98 Å². The van der Waals surface area contributed by atoms with E-state index in [1.54, 1.807) is 18.5 Å². The molecule has 0 atom stereocenters. The van der Waals surface area contributed by atoms with E-state index in [-0.39, 0.29) is 0 Å². The van der Waals surface area contributed by atoms with Crippen molar-refractivity contribution in [2.45, 2.75) is 0 Å². The molecule has 0 aliphatic carbocycles. The Morgan fingerprint density at radius 2 is 1.62 bits per heavy atom. The van der Waals surface area contributed by atoms with E-state index in [0.717, 1.165) is 11.8 Å². The SMILES string of the molecule is O=C(O)C(=O)O.O=C/C=C/c1ccncc1. The largest absolute Gasteiger partial charge is 0.473 e. The van der Waals surface area contributed by atoms with Crippen LogP contribution in [0, 0.1) is 0 Å². The monoisotopic (exact) mass is 223 g/mol. The van der Waals surface area contributed by atoms with E-state index < -0.39 is 11.9 Å². The summed E-state index contributed by atoms with van der Waals surface area (Å²) in [6.07, 6.45) is 7.30. The summed E-state index contributed by atoms with van der Waals surface area (Å²) in [6.45, 7) is 0. The minimum absolute atomic E-state index is 0.750. The quantitative estimate of drug-likeness (QED) is 0.428. The number of carbonyl (C=O) groups excluding carboxylic acids is 1. The zero-order chi connectivity index (χ0) is 12.4. The molecule has 0 saturated carbocycles. The molecule has 84 valence electrons. The number of carboxylic acids is 2. The van der Waals surface area contributed by atoms with Crippen LogP contribution in [0.3, 0.4) is 0 Å². The number of allylic oxidation sites excluding steroid dienone is 1. The second-order valence-electron chi connectivity index (χ2n) is 2.39. The number of aromatic nitrogens is 1. The molecule has 0 fully saturated rings. The number of carbonyl (C=O) groups is 3. The number of hydrogen-bond donors (Lipinski definition) is 2. The Morgan fingerprint density at radius 1 is 1.12 bits per heavy atom. The molecule has 0 bridgehead atoms. The van der Waals surface area contributed by atoms with Gasteiger partial charge >= 0.3 is 11.9 Å². The lowest BCUT2D eigenvalue weighted by atomic mass is 10.2. The number of pyridine rings is 1. The second kappa shape index (κ2) is 7.86. The Kier molecular flexibility index (Phi) is 6.63.